The molecular weight excluding hydrogens is 186 g/mol. The molecule has 1 rings (SSSR count). The predicted molar refractivity (Wildman–Crippen MR) is 54.9 cm³/mol. The zero-order valence-corrected chi connectivity index (χ0v) is 9.10. The molecule has 0 heterocycles. The van der Waals surface area contributed by atoms with E-state index in [1.165, 1.54) is 19.3 Å². The number of halogens is 1. The third-order valence-corrected chi connectivity index (χ3v) is 3.00. The van der Waals surface area contributed by atoms with Gasteiger partial charge in [0.25, 0.3) is 0 Å². The van der Waals surface area contributed by atoms with Crippen molar-refractivity contribution in [3.63, 3.8) is 0 Å². The van der Waals surface area contributed by atoms with E-state index in [1.807, 2.05) is 0 Å². The van der Waals surface area contributed by atoms with E-state index in [0.717, 1.165) is 6.42 Å². The number of carbonyl (C=O) groups excluding carboxylic acids is 1. The Balaban J connectivity index is 2.38. The van der Waals surface area contributed by atoms with Gasteiger partial charge in [-0.15, -0.1) is 11.6 Å². The largest absolute Gasteiger partial charge is 0.352 e. The molecule has 0 unspecified atom stereocenters. The zero-order valence-electron chi connectivity index (χ0n) is 8.35. The number of carbonyl (C=O) groups is 1. The summed E-state index contributed by atoms with van der Waals surface area (Å²) in [7, 11) is 0. The number of rotatable bonds is 2. The minimum atomic E-state index is -0.408. The Labute approximate surface area is 85.0 Å². The maximum absolute atomic E-state index is 11.3. The van der Waals surface area contributed by atoms with E-state index < -0.39 is 5.38 Å². The first-order valence-electron chi connectivity index (χ1n) is 5.05. The highest BCUT2D eigenvalue weighted by Crippen LogP contribution is 2.23. The Bertz CT molecular complexity index is 182. The highest BCUT2D eigenvalue weighted by Gasteiger charge is 2.23. The van der Waals surface area contributed by atoms with Crippen molar-refractivity contribution >= 4 is 17.5 Å². The second-order valence-corrected chi connectivity index (χ2v) is 4.65. The van der Waals surface area contributed by atoms with Crippen LogP contribution in [-0.4, -0.2) is 17.3 Å². The molecule has 0 aromatic rings. The van der Waals surface area contributed by atoms with Crippen LogP contribution in [0.15, 0.2) is 0 Å². The summed E-state index contributed by atoms with van der Waals surface area (Å²) >= 11 is 5.68. The fraction of sp³-hybridized carbons (Fsp3) is 0.900. The number of hydrogen-bond donors (Lipinski definition) is 1. The lowest BCUT2D eigenvalue weighted by atomic mass is 9.86. The van der Waals surface area contributed by atoms with Crippen LogP contribution in [0.3, 0.4) is 0 Å². The van der Waals surface area contributed by atoms with Gasteiger partial charge in [0.15, 0.2) is 0 Å². The van der Waals surface area contributed by atoms with Gasteiger partial charge >= 0.3 is 0 Å². The highest BCUT2D eigenvalue weighted by molar-refractivity contribution is 6.30. The molecule has 13 heavy (non-hydrogen) atoms. The summed E-state index contributed by atoms with van der Waals surface area (Å²) in [6.07, 6.45) is 4.86. The molecule has 1 aliphatic rings. The molecule has 1 aliphatic carbocycles. The third kappa shape index (κ3) is 3.18. The summed E-state index contributed by atoms with van der Waals surface area (Å²) in [4.78, 5) is 11.3. The van der Waals surface area contributed by atoms with Crippen LogP contribution in [0.4, 0.5) is 0 Å². The first-order valence-corrected chi connectivity index (χ1v) is 5.49. The van der Waals surface area contributed by atoms with E-state index in [1.54, 1.807) is 6.92 Å². The van der Waals surface area contributed by atoms with Crippen molar-refractivity contribution in [3.05, 3.63) is 0 Å². The van der Waals surface area contributed by atoms with Crippen molar-refractivity contribution in [1.29, 1.82) is 0 Å². The van der Waals surface area contributed by atoms with E-state index >= 15 is 0 Å². The van der Waals surface area contributed by atoms with Gasteiger partial charge in [-0.3, -0.25) is 4.79 Å². The van der Waals surface area contributed by atoms with Crippen LogP contribution in [0.2, 0.25) is 0 Å². The van der Waals surface area contributed by atoms with Crippen LogP contribution in [-0.2, 0) is 4.79 Å². The molecule has 1 N–H and O–H groups in total. The molecule has 0 aromatic heterocycles. The molecule has 0 radical (unpaired) electrons. The van der Waals surface area contributed by atoms with Crippen molar-refractivity contribution in [1.82, 2.24) is 5.32 Å². The maximum atomic E-state index is 11.3. The van der Waals surface area contributed by atoms with Crippen LogP contribution in [0.5, 0.6) is 0 Å². The van der Waals surface area contributed by atoms with E-state index in [-0.39, 0.29) is 5.91 Å². The van der Waals surface area contributed by atoms with Gasteiger partial charge in [0, 0.05) is 6.04 Å². The summed E-state index contributed by atoms with van der Waals surface area (Å²) in [5.41, 5.74) is 0. The lowest BCUT2D eigenvalue weighted by Crippen LogP contribution is -2.43. The minimum absolute atomic E-state index is 0.0274. The SMILES string of the molecule is C[C@H](Cl)C(=O)N[C@H]1CCCC[C@@H]1C. The van der Waals surface area contributed by atoms with Crippen molar-refractivity contribution in [2.24, 2.45) is 5.92 Å². The van der Waals surface area contributed by atoms with E-state index in [2.05, 4.69) is 12.2 Å². The Morgan fingerprint density at radius 3 is 2.62 bits per heavy atom. The number of amides is 1. The Hall–Kier alpha value is -0.240. The van der Waals surface area contributed by atoms with Crippen molar-refractivity contribution in [2.45, 2.75) is 50.9 Å². The summed E-state index contributed by atoms with van der Waals surface area (Å²) in [6.45, 7) is 3.91. The van der Waals surface area contributed by atoms with Gasteiger partial charge in [-0.05, 0) is 25.7 Å². The van der Waals surface area contributed by atoms with E-state index in [4.69, 9.17) is 11.6 Å². The highest BCUT2D eigenvalue weighted by atomic mass is 35.5. The molecule has 1 saturated carbocycles. The molecule has 3 heteroatoms. The number of hydrogen-bond acceptors (Lipinski definition) is 1. The average molecular weight is 204 g/mol. The van der Waals surface area contributed by atoms with E-state index in [0.29, 0.717) is 12.0 Å². The van der Waals surface area contributed by atoms with Crippen LogP contribution in [0, 0.1) is 5.92 Å². The van der Waals surface area contributed by atoms with Crippen molar-refractivity contribution in [3.8, 4) is 0 Å². The summed E-state index contributed by atoms with van der Waals surface area (Å²) in [5.74, 6) is 0.577. The van der Waals surface area contributed by atoms with Gasteiger partial charge in [0.2, 0.25) is 5.91 Å². The number of alkyl halides is 1. The van der Waals surface area contributed by atoms with Crippen molar-refractivity contribution in [2.75, 3.05) is 0 Å². The molecular formula is C10H18ClNO. The fourth-order valence-corrected chi connectivity index (χ4v) is 1.89. The maximum Gasteiger partial charge on any atom is 0.237 e. The van der Waals surface area contributed by atoms with Crippen LogP contribution < -0.4 is 5.32 Å². The van der Waals surface area contributed by atoms with E-state index in [9.17, 15) is 4.79 Å². The Morgan fingerprint density at radius 2 is 2.08 bits per heavy atom. The molecule has 0 saturated heterocycles. The second kappa shape index (κ2) is 4.85. The monoisotopic (exact) mass is 203 g/mol. The molecule has 0 spiro atoms. The molecule has 3 atom stereocenters. The fourth-order valence-electron chi connectivity index (χ4n) is 1.83. The minimum Gasteiger partial charge on any atom is -0.352 e. The summed E-state index contributed by atoms with van der Waals surface area (Å²) in [6, 6.07) is 0.349. The quantitative estimate of drug-likeness (QED) is 0.686. The molecule has 0 bridgehead atoms. The van der Waals surface area contributed by atoms with Gasteiger partial charge in [0.05, 0.1) is 0 Å². The second-order valence-electron chi connectivity index (χ2n) is 3.99. The Morgan fingerprint density at radius 1 is 1.46 bits per heavy atom. The molecule has 0 aromatic carbocycles. The van der Waals surface area contributed by atoms with Gasteiger partial charge in [0.1, 0.15) is 5.38 Å². The topological polar surface area (TPSA) is 29.1 Å². The van der Waals surface area contributed by atoms with Gasteiger partial charge in [-0.2, -0.15) is 0 Å². The standard InChI is InChI=1S/C10H18ClNO/c1-7-5-3-4-6-9(7)12-10(13)8(2)11/h7-9H,3-6H2,1-2H3,(H,12,13)/t7-,8-,9-/m0/s1. The first-order chi connectivity index (χ1) is 6.11. The van der Waals surface area contributed by atoms with Crippen LogP contribution in [0.1, 0.15) is 39.5 Å². The van der Waals surface area contributed by atoms with Crippen molar-refractivity contribution < 1.29 is 4.79 Å². The Kier molecular flexibility index (Phi) is 4.04. The van der Waals surface area contributed by atoms with Gasteiger partial charge < -0.3 is 5.32 Å². The zero-order chi connectivity index (χ0) is 9.84. The molecule has 1 amide bonds. The lowest BCUT2D eigenvalue weighted by molar-refractivity contribution is -0.121. The molecule has 2 nitrogen and oxygen atoms in total. The first kappa shape index (κ1) is 10.8. The summed E-state index contributed by atoms with van der Waals surface area (Å²) in [5, 5.41) is 2.59. The normalized spacial score (nSPS) is 31.0. The van der Waals surface area contributed by atoms with Gasteiger partial charge in [-0.1, -0.05) is 19.8 Å². The third-order valence-electron chi connectivity index (χ3n) is 2.80. The smallest absolute Gasteiger partial charge is 0.237 e. The molecule has 76 valence electrons. The predicted octanol–water partition coefficient (Wildman–Crippen LogP) is 2.31. The lowest BCUT2D eigenvalue weighted by Gasteiger charge is -2.29. The average Bonchev–Trinajstić information content (AvgIpc) is 2.08. The molecule has 0 aliphatic heterocycles. The van der Waals surface area contributed by atoms with Crippen LogP contribution >= 0.6 is 11.6 Å². The van der Waals surface area contributed by atoms with Crippen LogP contribution in [0.25, 0.3) is 0 Å². The molecule has 1 fully saturated rings. The summed E-state index contributed by atoms with van der Waals surface area (Å²) < 4.78 is 0. The van der Waals surface area contributed by atoms with Gasteiger partial charge in [-0.25, -0.2) is 0 Å². The number of nitrogens with one attached hydrogen (secondary N) is 1.